The highest BCUT2D eigenvalue weighted by Gasteiger charge is 2.23. The maximum absolute atomic E-state index is 12.1. The Hall–Kier alpha value is -1.97. The molecular weight excluding hydrogens is 336 g/mol. The lowest BCUT2D eigenvalue weighted by Gasteiger charge is -2.18. The average molecular weight is 352 g/mol. The number of benzene rings is 1. The Balaban J connectivity index is 1.71. The fraction of sp³-hybridized carbons (Fsp3) is 0.286. The summed E-state index contributed by atoms with van der Waals surface area (Å²) in [4.78, 5) is 18.3. The Morgan fingerprint density at radius 1 is 1.48 bits per heavy atom. The molecule has 7 nitrogen and oxygen atoms in total. The van der Waals surface area contributed by atoms with Crippen LogP contribution >= 0.6 is 11.3 Å². The standard InChI is InChI=1S/C14H16N4O3S2/c1-9-8-22-14(16-9)17-13(19)7-18-5-4-10-6-11(23(15,20)21)2-3-12(10)18/h2-3,6,8H,4-5,7H2,1H3,(H2,15,20,21)(H,16,17,19). The van der Waals surface area contributed by atoms with Crippen LogP contribution in [0.2, 0.25) is 0 Å². The number of nitrogens with zero attached hydrogens (tertiary/aromatic N) is 2. The van der Waals surface area contributed by atoms with Gasteiger partial charge in [0, 0.05) is 17.6 Å². The van der Waals surface area contributed by atoms with Crippen LogP contribution in [0.15, 0.2) is 28.5 Å². The van der Waals surface area contributed by atoms with E-state index in [9.17, 15) is 13.2 Å². The Kier molecular flexibility index (Phi) is 4.09. The number of rotatable bonds is 4. The quantitative estimate of drug-likeness (QED) is 0.857. The minimum absolute atomic E-state index is 0.0980. The molecule has 0 saturated carbocycles. The van der Waals surface area contributed by atoms with Crippen molar-refractivity contribution in [3.05, 3.63) is 34.8 Å². The molecule has 0 spiro atoms. The summed E-state index contributed by atoms with van der Waals surface area (Å²) in [7, 11) is -3.71. The van der Waals surface area contributed by atoms with E-state index in [0.717, 1.165) is 16.9 Å². The topological polar surface area (TPSA) is 105 Å². The van der Waals surface area contributed by atoms with Crippen molar-refractivity contribution < 1.29 is 13.2 Å². The summed E-state index contributed by atoms with van der Waals surface area (Å²) < 4.78 is 22.8. The summed E-state index contributed by atoms with van der Waals surface area (Å²) in [5.74, 6) is -0.150. The molecule has 0 unspecified atom stereocenters. The molecule has 1 aliphatic heterocycles. The normalized spacial score (nSPS) is 13.9. The first-order valence-corrected chi connectivity index (χ1v) is 9.38. The number of sulfonamides is 1. The third kappa shape index (κ3) is 3.52. The Labute approximate surface area is 138 Å². The van der Waals surface area contributed by atoms with E-state index in [4.69, 9.17) is 5.14 Å². The number of carbonyl (C=O) groups is 1. The number of primary sulfonamides is 1. The second-order valence-corrected chi connectivity index (χ2v) is 7.77. The van der Waals surface area contributed by atoms with Gasteiger partial charge in [0.2, 0.25) is 15.9 Å². The number of carbonyl (C=O) groups excluding carboxylic acids is 1. The smallest absolute Gasteiger partial charge is 0.245 e. The third-order valence-corrected chi connectivity index (χ3v) is 5.36. The molecule has 3 rings (SSSR count). The van der Waals surface area contributed by atoms with Gasteiger partial charge in [-0.25, -0.2) is 18.5 Å². The third-order valence-electron chi connectivity index (χ3n) is 3.57. The van der Waals surface area contributed by atoms with Crippen LogP contribution in [0.3, 0.4) is 0 Å². The number of amides is 1. The molecular formula is C14H16N4O3S2. The molecule has 0 fully saturated rings. The zero-order valence-corrected chi connectivity index (χ0v) is 14.1. The summed E-state index contributed by atoms with van der Waals surface area (Å²) in [5.41, 5.74) is 2.62. The molecule has 0 atom stereocenters. The van der Waals surface area contributed by atoms with E-state index in [1.54, 1.807) is 12.1 Å². The number of thiazole rings is 1. The van der Waals surface area contributed by atoms with E-state index < -0.39 is 10.0 Å². The molecule has 0 saturated heterocycles. The van der Waals surface area contributed by atoms with Crippen LogP contribution in [0.1, 0.15) is 11.3 Å². The van der Waals surface area contributed by atoms with E-state index in [2.05, 4.69) is 10.3 Å². The first kappa shape index (κ1) is 15.9. The molecule has 9 heteroatoms. The molecule has 122 valence electrons. The van der Waals surface area contributed by atoms with Crippen LogP contribution in [0.5, 0.6) is 0 Å². The average Bonchev–Trinajstić information content (AvgIpc) is 3.04. The molecule has 2 aromatic rings. The summed E-state index contributed by atoms with van der Waals surface area (Å²) in [6, 6.07) is 4.74. The Bertz CT molecular complexity index is 861. The number of aromatic nitrogens is 1. The molecule has 1 amide bonds. The van der Waals surface area contributed by atoms with Crippen molar-refractivity contribution in [1.29, 1.82) is 0 Å². The monoisotopic (exact) mass is 352 g/mol. The van der Waals surface area contributed by atoms with E-state index in [0.29, 0.717) is 18.1 Å². The number of fused-ring (bicyclic) bond motifs is 1. The molecule has 1 aromatic carbocycles. The van der Waals surface area contributed by atoms with Gasteiger partial charge in [-0.1, -0.05) is 0 Å². The van der Waals surface area contributed by atoms with Gasteiger partial charge in [0.05, 0.1) is 17.1 Å². The largest absolute Gasteiger partial charge is 0.362 e. The number of aryl methyl sites for hydroxylation is 1. The van der Waals surface area contributed by atoms with E-state index in [-0.39, 0.29) is 17.3 Å². The SMILES string of the molecule is Cc1csc(NC(=O)CN2CCc3cc(S(N)(=O)=O)ccc32)n1. The molecule has 0 bridgehead atoms. The number of anilines is 2. The van der Waals surface area contributed by atoms with Crippen molar-refractivity contribution >= 4 is 38.1 Å². The van der Waals surface area contributed by atoms with E-state index in [1.165, 1.54) is 17.4 Å². The van der Waals surface area contributed by atoms with Crippen LogP contribution in [-0.2, 0) is 21.2 Å². The summed E-state index contributed by atoms with van der Waals surface area (Å²) in [6.07, 6.45) is 0.683. The zero-order chi connectivity index (χ0) is 16.6. The summed E-state index contributed by atoms with van der Waals surface area (Å²) in [6.45, 7) is 2.72. The van der Waals surface area contributed by atoms with Crippen molar-refractivity contribution in [2.45, 2.75) is 18.2 Å². The van der Waals surface area contributed by atoms with Gasteiger partial charge in [-0.3, -0.25) is 4.79 Å². The van der Waals surface area contributed by atoms with Crippen molar-refractivity contribution in [2.24, 2.45) is 5.14 Å². The number of hydrogen-bond donors (Lipinski definition) is 2. The second kappa shape index (κ2) is 5.91. The van der Waals surface area contributed by atoms with Crippen molar-refractivity contribution in [1.82, 2.24) is 4.98 Å². The fourth-order valence-corrected chi connectivity index (χ4v) is 3.80. The lowest BCUT2D eigenvalue weighted by Crippen LogP contribution is -2.31. The molecule has 2 heterocycles. The van der Waals surface area contributed by atoms with Gasteiger partial charge in [-0.2, -0.15) is 0 Å². The predicted octanol–water partition coefficient (Wildman–Crippen LogP) is 1.10. The highest BCUT2D eigenvalue weighted by molar-refractivity contribution is 7.89. The number of hydrogen-bond acceptors (Lipinski definition) is 6. The number of nitrogens with one attached hydrogen (secondary N) is 1. The van der Waals surface area contributed by atoms with Crippen molar-refractivity contribution in [3.63, 3.8) is 0 Å². The number of nitrogens with two attached hydrogens (primary N) is 1. The highest BCUT2D eigenvalue weighted by Crippen LogP contribution is 2.29. The Morgan fingerprint density at radius 3 is 2.91 bits per heavy atom. The van der Waals surface area contributed by atoms with Crippen LogP contribution in [0, 0.1) is 6.92 Å². The van der Waals surface area contributed by atoms with Gasteiger partial charge in [0.1, 0.15) is 0 Å². The van der Waals surface area contributed by atoms with Gasteiger partial charge in [0.15, 0.2) is 5.13 Å². The van der Waals surface area contributed by atoms with Crippen LogP contribution in [0.4, 0.5) is 10.8 Å². The summed E-state index contributed by atoms with van der Waals surface area (Å²) in [5, 5.41) is 10.4. The maximum atomic E-state index is 12.1. The van der Waals surface area contributed by atoms with E-state index >= 15 is 0 Å². The van der Waals surface area contributed by atoms with Gasteiger partial charge in [0.25, 0.3) is 0 Å². The lowest BCUT2D eigenvalue weighted by molar-refractivity contribution is -0.115. The minimum atomic E-state index is -3.71. The van der Waals surface area contributed by atoms with Crippen molar-refractivity contribution in [2.75, 3.05) is 23.3 Å². The molecule has 0 aliphatic carbocycles. The van der Waals surface area contributed by atoms with Crippen LogP contribution < -0.4 is 15.4 Å². The van der Waals surface area contributed by atoms with Crippen LogP contribution in [0.25, 0.3) is 0 Å². The first-order valence-electron chi connectivity index (χ1n) is 6.95. The first-order chi connectivity index (χ1) is 10.8. The molecule has 1 aliphatic rings. The van der Waals surface area contributed by atoms with Gasteiger partial charge in [-0.15, -0.1) is 11.3 Å². The molecule has 3 N–H and O–H groups in total. The van der Waals surface area contributed by atoms with Gasteiger partial charge < -0.3 is 10.2 Å². The van der Waals surface area contributed by atoms with Gasteiger partial charge in [-0.05, 0) is 37.1 Å². The lowest BCUT2D eigenvalue weighted by atomic mass is 10.2. The zero-order valence-electron chi connectivity index (χ0n) is 12.4. The van der Waals surface area contributed by atoms with Crippen molar-refractivity contribution in [3.8, 4) is 0 Å². The van der Waals surface area contributed by atoms with E-state index in [1.807, 2.05) is 17.2 Å². The molecule has 23 heavy (non-hydrogen) atoms. The molecule has 1 aromatic heterocycles. The minimum Gasteiger partial charge on any atom is -0.362 e. The van der Waals surface area contributed by atoms with Gasteiger partial charge >= 0.3 is 0 Å². The maximum Gasteiger partial charge on any atom is 0.245 e. The summed E-state index contributed by atoms with van der Waals surface area (Å²) >= 11 is 1.38. The predicted molar refractivity (Wildman–Crippen MR) is 89.2 cm³/mol. The highest BCUT2D eigenvalue weighted by atomic mass is 32.2. The molecule has 0 radical (unpaired) electrons. The Morgan fingerprint density at radius 2 is 2.26 bits per heavy atom. The fourth-order valence-electron chi connectivity index (χ4n) is 2.53. The van der Waals surface area contributed by atoms with Crippen LogP contribution in [-0.4, -0.2) is 32.4 Å². The second-order valence-electron chi connectivity index (χ2n) is 5.35.